The van der Waals surface area contributed by atoms with Gasteiger partial charge in [-0.2, -0.15) is 0 Å². The molecule has 19 heavy (non-hydrogen) atoms. The van der Waals surface area contributed by atoms with Gasteiger partial charge in [-0.25, -0.2) is 0 Å². The van der Waals surface area contributed by atoms with Crippen LogP contribution in [0.4, 0.5) is 17.1 Å². The molecule has 0 heterocycles. The van der Waals surface area contributed by atoms with Crippen LogP contribution < -0.4 is 10.6 Å². The number of rotatable bonds is 3. The van der Waals surface area contributed by atoms with Crippen molar-refractivity contribution >= 4 is 27.8 Å². The summed E-state index contributed by atoms with van der Waals surface area (Å²) in [5.74, 6) is 0. The number of anilines is 3. The molecule has 0 aliphatic rings. The first-order valence-corrected chi connectivity index (χ1v) is 6.39. The van der Waals surface area contributed by atoms with E-state index in [4.69, 9.17) is 0 Å². The lowest BCUT2D eigenvalue weighted by Gasteiger charge is -2.12. The van der Waals surface area contributed by atoms with Crippen molar-refractivity contribution in [1.29, 1.82) is 0 Å². The molecule has 2 nitrogen and oxygen atoms in total. The minimum Gasteiger partial charge on any atom is -0.386 e. The van der Waals surface area contributed by atoms with E-state index in [1.165, 1.54) is 10.8 Å². The van der Waals surface area contributed by atoms with Crippen molar-refractivity contribution in [2.75, 3.05) is 17.7 Å². The number of nitrogens with one attached hydrogen (secondary N) is 2. The van der Waals surface area contributed by atoms with Gasteiger partial charge in [0.05, 0.1) is 11.4 Å². The molecule has 0 amide bonds. The van der Waals surface area contributed by atoms with Gasteiger partial charge in [0.25, 0.3) is 0 Å². The summed E-state index contributed by atoms with van der Waals surface area (Å²) < 4.78 is 0. The van der Waals surface area contributed by atoms with Gasteiger partial charge in [-0.1, -0.05) is 42.5 Å². The molecule has 0 aliphatic heterocycles. The van der Waals surface area contributed by atoms with E-state index in [-0.39, 0.29) is 0 Å². The number of hydrogen-bond acceptors (Lipinski definition) is 2. The molecule has 0 aromatic heterocycles. The summed E-state index contributed by atoms with van der Waals surface area (Å²) in [6.45, 7) is 0. The van der Waals surface area contributed by atoms with Crippen LogP contribution in [0, 0.1) is 0 Å². The second-order valence-electron chi connectivity index (χ2n) is 4.48. The maximum Gasteiger partial charge on any atom is 0.0619 e. The lowest BCUT2D eigenvalue weighted by Crippen LogP contribution is -1.96. The molecule has 0 atom stereocenters. The van der Waals surface area contributed by atoms with Crippen molar-refractivity contribution < 1.29 is 0 Å². The molecule has 0 aliphatic carbocycles. The lowest BCUT2D eigenvalue weighted by atomic mass is 10.1. The van der Waals surface area contributed by atoms with Crippen molar-refractivity contribution in [3.8, 4) is 0 Å². The predicted molar refractivity (Wildman–Crippen MR) is 83.2 cm³/mol. The van der Waals surface area contributed by atoms with Gasteiger partial charge in [0.15, 0.2) is 0 Å². The molecular formula is C17H16N2. The van der Waals surface area contributed by atoms with Gasteiger partial charge in [0.1, 0.15) is 0 Å². The monoisotopic (exact) mass is 248 g/mol. The second kappa shape index (κ2) is 5.02. The van der Waals surface area contributed by atoms with Crippen LogP contribution in [0.25, 0.3) is 10.8 Å². The maximum absolute atomic E-state index is 3.45. The number of fused-ring (bicyclic) bond motifs is 1. The van der Waals surface area contributed by atoms with Gasteiger partial charge >= 0.3 is 0 Å². The van der Waals surface area contributed by atoms with Gasteiger partial charge in [-0.15, -0.1) is 0 Å². The Bertz CT molecular complexity index is 704. The van der Waals surface area contributed by atoms with Crippen molar-refractivity contribution in [1.82, 2.24) is 0 Å². The van der Waals surface area contributed by atoms with E-state index in [1.54, 1.807) is 0 Å². The highest BCUT2D eigenvalue weighted by Gasteiger charge is 2.01. The topological polar surface area (TPSA) is 24.1 Å². The first-order chi connectivity index (χ1) is 9.36. The predicted octanol–water partition coefficient (Wildman–Crippen LogP) is 4.63. The largest absolute Gasteiger partial charge is 0.386 e. The Kier molecular flexibility index (Phi) is 3.07. The van der Waals surface area contributed by atoms with Crippen LogP contribution in [0.15, 0.2) is 66.7 Å². The fourth-order valence-corrected chi connectivity index (χ4v) is 2.23. The molecule has 0 saturated carbocycles. The van der Waals surface area contributed by atoms with Crippen LogP contribution in [-0.2, 0) is 0 Å². The van der Waals surface area contributed by atoms with Crippen molar-refractivity contribution in [3.63, 3.8) is 0 Å². The second-order valence-corrected chi connectivity index (χ2v) is 4.48. The molecule has 2 N–H and O–H groups in total. The van der Waals surface area contributed by atoms with Crippen molar-refractivity contribution in [2.45, 2.75) is 0 Å². The molecule has 0 unspecified atom stereocenters. The molecule has 0 saturated heterocycles. The summed E-state index contributed by atoms with van der Waals surface area (Å²) in [6, 6.07) is 23.0. The normalized spacial score (nSPS) is 10.4. The zero-order valence-electron chi connectivity index (χ0n) is 10.9. The highest BCUT2D eigenvalue weighted by molar-refractivity contribution is 5.87. The first kappa shape index (κ1) is 11.6. The Morgan fingerprint density at radius 2 is 1.37 bits per heavy atom. The lowest BCUT2D eigenvalue weighted by molar-refractivity contribution is 1.48. The third-order valence-electron chi connectivity index (χ3n) is 3.22. The quantitative estimate of drug-likeness (QED) is 0.706. The van der Waals surface area contributed by atoms with E-state index in [9.17, 15) is 0 Å². The van der Waals surface area contributed by atoms with Crippen molar-refractivity contribution in [3.05, 3.63) is 66.7 Å². The minimum absolute atomic E-state index is 1.08. The molecule has 0 spiro atoms. The van der Waals surface area contributed by atoms with Crippen LogP contribution in [0.1, 0.15) is 0 Å². The Hall–Kier alpha value is -2.48. The molecule has 0 radical (unpaired) electrons. The number of benzene rings is 3. The Balaban J connectivity index is 1.96. The molecule has 0 fully saturated rings. The molecule has 0 bridgehead atoms. The maximum atomic E-state index is 3.45. The summed E-state index contributed by atoms with van der Waals surface area (Å²) in [7, 11) is 1.93. The summed E-state index contributed by atoms with van der Waals surface area (Å²) in [5.41, 5.74) is 3.28. The molecule has 3 rings (SSSR count). The summed E-state index contributed by atoms with van der Waals surface area (Å²) in [5, 5.41) is 9.15. The SMILES string of the molecule is CNc1ccccc1Nc1ccc2ccccc2c1. The standard InChI is InChI=1S/C17H16N2/c1-18-16-8-4-5-9-17(16)19-15-11-10-13-6-2-3-7-14(13)12-15/h2-12,18-19H,1H3. The third kappa shape index (κ3) is 2.38. The number of para-hydroxylation sites is 2. The van der Waals surface area contributed by atoms with Gasteiger partial charge < -0.3 is 10.6 Å². The van der Waals surface area contributed by atoms with Crippen LogP contribution in [0.2, 0.25) is 0 Å². The highest BCUT2D eigenvalue weighted by atomic mass is 14.9. The minimum atomic E-state index is 1.08. The van der Waals surface area contributed by atoms with Crippen LogP contribution in [-0.4, -0.2) is 7.05 Å². The molecule has 3 aromatic carbocycles. The smallest absolute Gasteiger partial charge is 0.0619 e. The number of hydrogen-bond donors (Lipinski definition) is 2. The van der Waals surface area contributed by atoms with E-state index >= 15 is 0 Å². The zero-order chi connectivity index (χ0) is 13.1. The van der Waals surface area contributed by atoms with E-state index in [0.29, 0.717) is 0 Å². The Labute approximate surface area is 113 Å². The van der Waals surface area contributed by atoms with E-state index < -0.39 is 0 Å². The summed E-state index contributed by atoms with van der Waals surface area (Å²) in [4.78, 5) is 0. The Morgan fingerprint density at radius 1 is 0.684 bits per heavy atom. The average molecular weight is 248 g/mol. The Morgan fingerprint density at radius 3 is 2.16 bits per heavy atom. The van der Waals surface area contributed by atoms with Gasteiger partial charge in [-0.3, -0.25) is 0 Å². The fraction of sp³-hybridized carbons (Fsp3) is 0.0588. The average Bonchev–Trinajstić information content (AvgIpc) is 2.48. The first-order valence-electron chi connectivity index (χ1n) is 6.39. The zero-order valence-corrected chi connectivity index (χ0v) is 10.9. The van der Waals surface area contributed by atoms with Crippen LogP contribution in [0.3, 0.4) is 0 Å². The molecule has 3 aromatic rings. The van der Waals surface area contributed by atoms with E-state index in [1.807, 2.05) is 19.2 Å². The molecular weight excluding hydrogens is 232 g/mol. The fourth-order valence-electron chi connectivity index (χ4n) is 2.23. The van der Waals surface area contributed by atoms with Gasteiger partial charge in [-0.05, 0) is 35.0 Å². The molecule has 2 heteroatoms. The van der Waals surface area contributed by atoms with Crippen molar-refractivity contribution in [2.24, 2.45) is 0 Å². The van der Waals surface area contributed by atoms with E-state index in [2.05, 4.69) is 65.2 Å². The highest BCUT2D eigenvalue weighted by Crippen LogP contribution is 2.26. The summed E-state index contributed by atoms with van der Waals surface area (Å²) >= 11 is 0. The van der Waals surface area contributed by atoms with Gasteiger partial charge in [0, 0.05) is 12.7 Å². The van der Waals surface area contributed by atoms with Gasteiger partial charge in [0.2, 0.25) is 0 Å². The molecule has 94 valence electrons. The van der Waals surface area contributed by atoms with Crippen LogP contribution in [0.5, 0.6) is 0 Å². The van der Waals surface area contributed by atoms with E-state index in [0.717, 1.165) is 17.1 Å². The van der Waals surface area contributed by atoms with Crippen LogP contribution >= 0.6 is 0 Å². The third-order valence-corrected chi connectivity index (χ3v) is 3.22. The summed E-state index contributed by atoms with van der Waals surface area (Å²) in [6.07, 6.45) is 0.